The number of anilines is 1. The number of aromatic amines is 1. The predicted octanol–water partition coefficient (Wildman–Crippen LogP) is 4.97. The zero-order valence-electron chi connectivity index (χ0n) is 17.0. The van der Waals surface area contributed by atoms with Gasteiger partial charge in [-0.2, -0.15) is 0 Å². The van der Waals surface area contributed by atoms with Crippen molar-refractivity contribution in [1.29, 1.82) is 0 Å². The molecular formula is C25H23N3O2. The number of hydrogen-bond donors (Lipinski definition) is 3. The summed E-state index contributed by atoms with van der Waals surface area (Å²) in [5.74, 6) is -0.529. The molecule has 0 bridgehead atoms. The summed E-state index contributed by atoms with van der Waals surface area (Å²) in [6.07, 6.45) is 0. The monoisotopic (exact) mass is 397 g/mol. The molecule has 0 spiro atoms. The highest BCUT2D eigenvalue weighted by Gasteiger charge is 2.20. The molecule has 0 atom stereocenters. The number of hydrogen-bond acceptors (Lipinski definition) is 2. The fourth-order valence-corrected chi connectivity index (χ4v) is 3.31. The van der Waals surface area contributed by atoms with Crippen molar-refractivity contribution in [2.75, 3.05) is 5.32 Å². The molecule has 0 saturated heterocycles. The molecule has 1 aromatic heterocycles. The number of carbonyl (C=O) groups is 2. The van der Waals surface area contributed by atoms with Crippen LogP contribution in [0.1, 0.15) is 37.5 Å². The number of aryl methyl sites for hydroxylation is 2. The fourth-order valence-electron chi connectivity index (χ4n) is 3.31. The Morgan fingerprint density at radius 1 is 0.800 bits per heavy atom. The van der Waals surface area contributed by atoms with Gasteiger partial charge in [0.25, 0.3) is 11.8 Å². The van der Waals surface area contributed by atoms with E-state index in [2.05, 4.69) is 15.6 Å². The summed E-state index contributed by atoms with van der Waals surface area (Å²) in [7, 11) is 0. The molecular weight excluding hydrogens is 374 g/mol. The first-order valence-electron chi connectivity index (χ1n) is 9.84. The summed E-state index contributed by atoms with van der Waals surface area (Å²) in [5, 5.41) is 6.65. The Labute approximate surface area is 175 Å². The van der Waals surface area contributed by atoms with Gasteiger partial charge in [0.05, 0.1) is 5.69 Å². The maximum absolute atomic E-state index is 12.9. The van der Waals surface area contributed by atoms with Gasteiger partial charge in [0.15, 0.2) is 0 Å². The van der Waals surface area contributed by atoms with E-state index in [9.17, 15) is 9.59 Å². The Kier molecular flexibility index (Phi) is 5.35. The van der Waals surface area contributed by atoms with Gasteiger partial charge in [0, 0.05) is 23.0 Å². The van der Waals surface area contributed by atoms with E-state index in [-0.39, 0.29) is 11.8 Å². The van der Waals surface area contributed by atoms with Crippen LogP contribution in [0.25, 0.3) is 10.9 Å². The predicted molar refractivity (Wildman–Crippen MR) is 120 cm³/mol. The third kappa shape index (κ3) is 4.10. The summed E-state index contributed by atoms with van der Waals surface area (Å²) in [5.41, 5.74) is 5.40. The number of amides is 2. The minimum absolute atomic E-state index is 0.257. The van der Waals surface area contributed by atoms with Crippen LogP contribution in [0.15, 0.2) is 72.8 Å². The average molecular weight is 397 g/mol. The van der Waals surface area contributed by atoms with Crippen molar-refractivity contribution >= 4 is 28.4 Å². The molecule has 3 aromatic carbocycles. The van der Waals surface area contributed by atoms with Gasteiger partial charge in [0.1, 0.15) is 5.69 Å². The van der Waals surface area contributed by atoms with E-state index in [1.165, 1.54) is 5.56 Å². The van der Waals surface area contributed by atoms with Crippen molar-refractivity contribution in [3.05, 3.63) is 101 Å². The summed E-state index contributed by atoms with van der Waals surface area (Å²) in [4.78, 5) is 28.9. The molecule has 0 aliphatic heterocycles. The maximum atomic E-state index is 12.9. The lowest BCUT2D eigenvalue weighted by Crippen LogP contribution is -2.25. The third-order valence-corrected chi connectivity index (χ3v) is 5.06. The van der Waals surface area contributed by atoms with Crippen LogP contribution in [0.2, 0.25) is 0 Å². The Morgan fingerprint density at radius 2 is 1.43 bits per heavy atom. The van der Waals surface area contributed by atoms with Gasteiger partial charge in [-0.25, -0.2) is 0 Å². The second-order valence-electron chi connectivity index (χ2n) is 7.41. The van der Waals surface area contributed by atoms with Crippen molar-refractivity contribution in [3.8, 4) is 0 Å². The number of H-pyrrole nitrogens is 1. The minimum Gasteiger partial charge on any atom is -0.349 e. The lowest BCUT2D eigenvalue weighted by molar-refractivity contribution is 0.0947. The standard InChI is InChI=1S/C25H23N3O2/c1-16-7-11-18(12-8-16)15-26-25(30)23-22(20-5-3-4-6-21(20)27-23)28-24(29)19-13-9-17(2)10-14-19/h3-14,27H,15H2,1-2H3,(H,26,30)(H,28,29). The summed E-state index contributed by atoms with van der Waals surface area (Å²) < 4.78 is 0. The summed E-state index contributed by atoms with van der Waals surface area (Å²) >= 11 is 0. The van der Waals surface area contributed by atoms with Crippen LogP contribution >= 0.6 is 0 Å². The molecule has 0 fully saturated rings. The van der Waals surface area contributed by atoms with Gasteiger partial charge in [-0.15, -0.1) is 0 Å². The van der Waals surface area contributed by atoms with Crippen molar-refractivity contribution in [2.45, 2.75) is 20.4 Å². The number of para-hydroxylation sites is 1. The highest BCUT2D eigenvalue weighted by Crippen LogP contribution is 2.28. The van der Waals surface area contributed by atoms with E-state index in [0.29, 0.717) is 23.5 Å². The first-order valence-corrected chi connectivity index (χ1v) is 9.84. The van der Waals surface area contributed by atoms with E-state index in [0.717, 1.165) is 22.0 Å². The van der Waals surface area contributed by atoms with Crippen LogP contribution in [-0.2, 0) is 6.54 Å². The van der Waals surface area contributed by atoms with E-state index in [1.54, 1.807) is 12.1 Å². The lowest BCUT2D eigenvalue weighted by Gasteiger charge is -2.09. The molecule has 30 heavy (non-hydrogen) atoms. The second kappa shape index (κ2) is 8.25. The molecule has 5 heteroatoms. The van der Waals surface area contributed by atoms with Gasteiger partial charge in [-0.1, -0.05) is 65.7 Å². The molecule has 0 saturated carbocycles. The lowest BCUT2D eigenvalue weighted by atomic mass is 10.1. The van der Waals surface area contributed by atoms with Crippen molar-refractivity contribution < 1.29 is 9.59 Å². The van der Waals surface area contributed by atoms with Gasteiger partial charge < -0.3 is 15.6 Å². The molecule has 4 rings (SSSR count). The zero-order valence-corrected chi connectivity index (χ0v) is 17.0. The van der Waals surface area contributed by atoms with Crippen LogP contribution < -0.4 is 10.6 Å². The average Bonchev–Trinajstić information content (AvgIpc) is 3.12. The Morgan fingerprint density at radius 3 is 2.13 bits per heavy atom. The largest absolute Gasteiger partial charge is 0.349 e. The molecule has 1 heterocycles. The molecule has 0 aliphatic rings. The number of aromatic nitrogens is 1. The first-order chi connectivity index (χ1) is 14.5. The topological polar surface area (TPSA) is 74.0 Å². The molecule has 3 N–H and O–H groups in total. The van der Waals surface area contributed by atoms with Gasteiger partial charge in [-0.3, -0.25) is 9.59 Å². The highest BCUT2D eigenvalue weighted by atomic mass is 16.2. The maximum Gasteiger partial charge on any atom is 0.270 e. The van der Waals surface area contributed by atoms with Gasteiger partial charge in [-0.05, 0) is 37.6 Å². The number of rotatable bonds is 5. The number of benzene rings is 3. The molecule has 4 aromatic rings. The smallest absolute Gasteiger partial charge is 0.270 e. The molecule has 2 amide bonds. The second-order valence-corrected chi connectivity index (χ2v) is 7.41. The SMILES string of the molecule is Cc1ccc(CNC(=O)c2[nH]c3ccccc3c2NC(=O)c2ccc(C)cc2)cc1. The summed E-state index contributed by atoms with van der Waals surface area (Å²) in [6.45, 7) is 4.40. The quantitative estimate of drug-likeness (QED) is 0.445. The van der Waals surface area contributed by atoms with Crippen LogP contribution in [-0.4, -0.2) is 16.8 Å². The highest BCUT2D eigenvalue weighted by molar-refractivity contribution is 6.15. The van der Waals surface area contributed by atoms with E-state index in [1.807, 2.05) is 74.5 Å². The van der Waals surface area contributed by atoms with Crippen LogP contribution in [0.3, 0.4) is 0 Å². The Hall–Kier alpha value is -3.86. The molecule has 5 nitrogen and oxygen atoms in total. The number of nitrogens with one attached hydrogen (secondary N) is 3. The van der Waals surface area contributed by atoms with E-state index >= 15 is 0 Å². The Balaban J connectivity index is 1.60. The van der Waals surface area contributed by atoms with E-state index < -0.39 is 0 Å². The molecule has 150 valence electrons. The van der Waals surface area contributed by atoms with Gasteiger partial charge >= 0.3 is 0 Å². The van der Waals surface area contributed by atoms with Crippen LogP contribution in [0.5, 0.6) is 0 Å². The number of carbonyl (C=O) groups excluding carboxylic acids is 2. The molecule has 0 unspecified atom stereocenters. The first kappa shape index (κ1) is 19.5. The van der Waals surface area contributed by atoms with Crippen molar-refractivity contribution in [1.82, 2.24) is 10.3 Å². The Bertz CT molecular complexity index is 1210. The fraction of sp³-hybridized carbons (Fsp3) is 0.120. The zero-order chi connectivity index (χ0) is 21.1. The van der Waals surface area contributed by atoms with Crippen molar-refractivity contribution in [2.24, 2.45) is 0 Å². The third-order valence-electron chi connectivity index (χ3n) is 5.06. The van der Waals surface area contributed by atoms with Crippen LogP contribution in [0.4, 0.5) is 5.69 Å². The minimum atomic E-state index is -0.272. The normalized spacial score (nSPS) is 10.7. The van der Waals surface area contributed by atoms with Gasteiger partial charge in [0.2, 0.25) is 0 Å². The molecule has 0 aliphatic carbocycles. The summed E-state index contributed by atoms with van der Waals surface area (Å²) in [6, 6.07) is 22.9. The van der Waals surface area contributed by atoms with E-state index in [4.69, 9.17) is 0 Å². The number of fused-ring (bicyclic) bond motifs is 1. The van der Waals surface area contributed by atoms with Crippen LogP contribution in [0, 0.1) is 13.8 Å². The van der Waals surface area contributed by atoms with Crippen molar-refractivity contribution in [3.63, 3.8) is 0 Å². The molecule has 0 radical (unpaired) electrons.